The third-order valence-electron chi connectivity index (χ3n) is 3.30. The van der Waals surface area contributed by atoms with Crippen molar-refractivity contribution in [2.24, 2.45) is 5.41 Å². The molecule has 120 valence electrons. The van der Waals surface area contributed by atoms with E-state index in [4.69, 9.17) is 21.4 Å². The molecule has 0 aliphatic carbocycles. The van der Waals surface area contributed by atoms with Crippen LogP contribution in [0.3, 0.4) is 0 Å². The van der Waals surface area contributed by atoms with Crippen molar-refractivity contribution in [2.75, 3.05) is 19.8 Å². The fourth-order valence-electron chi connectivity index (χ4n) is 2.06. The predicted octanol–water partition coefficient (Wildman–Crippen LogP) is 2.47. The average molecular weight is 316 g/mol. The molecule has 0 heterocycles. The van der Waals surface area contributed by atoms with E-state index >= 15 is 0 Å². The molecule has 0 saturated heterocycles. The second-order valence-corrected chi connectivity index (χ2v) is 6.70. The van der Waals surface area contributed by atoms with E-state index in [1.165, 1.54) is 0 Å². The van der Waals surface area contributed by atoms with Gasteiger partial charge in [-0.05, 0) is 30.0 Å². The second kappa shape index (κ2) is 8.59. The highest BCUT2D eigenvalue weighted by Gasteiger charge is 2.24. The van der Waals surface area contributed by atoms with Gasteiger partial charge in [0.15, 0.2) is 0 Å². The van der Waals surface area contributed by atoms with Crippen LogP contribution >= 0.6 is 11.6 Å². The Bertz CT molecular complexity index is 420. The number of nitrogens with one attached hydrogen (secondary N) is 1. The summed E-state index contributed by atoms with van der Waals surface area (Å²) in [6.07, 6.45) is 0.0401. The molecule has 0 fully saturated rings. The molecule has 2 atom stereocenters. The van der Waals surface area contributed by atoms with E-state index in [2.05, 4.69) is 26.1 Å². The predicted molar refractivity (Wildman–Crippen MR) is 85.9 cm³/mol. The van der Waals surface area contributed by atoms with E-state index in [1.54, 1.807) is 24.3 Å². The van der Waals surface area contributed by atoms with Gasteiger partial charge < -0.3 is 20.3 Å². The van der Waals surface area contributed by atoms with Crippen molar-refractivity contribution in [3.63, 3.8) is 0 Å². The molecule has 1 rings (SSSR count). The molecule has 5 heteroatoms. The van der Waals surface area contributed by atoms with Crippen LogP contribution in [0.1, 0.15) is 27.2 Å². The number of aliphatic hydroxyl groups is 2. The van der Waals surface area contributed by atoms with Crippen LogP contribution in [0.5, 0.6) is 5.75 Å². The molecule has 0 aliphatic rings. The number of aliphatic hydroxyl groups excluding tert-OH is 2. The molecule has 21 heavy (non-hydrogen) atoms. The zero-order valence-corrected chi connectivity index (χ0v) is 13.7. The van der Waals surface area contributed by atoms with Crippen molar-refractivity contribution in [3.8, 4) is 5.75 Å². The second-order valence-electron chi connectivity index (χ2n) is 6.26. The van der Waals surface area contributed by atoms with Gasteiger partial charge in [0.2, 0.25) is 0 Å². The quantitative estimate of drug-likeness (QED) is 0.689. The summed E-state index contributed by atoms with van der Waals surface area (Å²) in [4.78, 5) is 0. The molecule has 1 aromatic rings. The minimum atomic E-state index is -0.618. The highest BCUT2D eigenvalue weighted by atomic mass is 35.5. The van der Waals surface area contributed by atoms with Gasteiger partial charge in [0.05, 0.1) is 0 Å². The molecule has 0 radical (unpaired) electrons. The van der Waals surface area contributed by atoms with Crippen molar-refractivity contribution >= 4 is 11.6 Å². The van der Waals surface area contributed by atoms with Crippen molar-refractivity contribution in [2.45, 2.75) is 39.3 Å². The molecule has 3 N–H and O–H groups in total. The maximum atomic E-state index is 9.98. The van der Waals surface area contributed by atoms with Gasteiger partial charge >= 0.3 is 0 Å². The molecular formula is C16H26ClNO3. The van der Waals surface area contributed by atoms with Gasteiger partial charge in [-0.25, -0.2) is 0 Å². The summed E-state index contributed by atoms with van der Waals surface area (Å²) in [6, 6.07) is 7.23. The molecule has 0 saturated carbocycles. The highest BCUT2D eigenvalue weighted by Crippen LogP contribution is 2.21. The first-order valence-corrected chi connectivity index (χ1v) is 7.61. The molecule has 0 aliphatic heterocycles. The van der Waals surface area contributed by atoms with Crippen molar-refractivity contribution in [3.05, 3.63) is 29.3 Å². The smallest absolute Gasteiger partial charge is 0.120 e. The van der Waals surface area contributed by atoms with Crippen LogP contribution in [-0.4, -0.2) is 42.1 Å². The monoisotopic (exact) mass is 315 g/mol. The SMILES string of the molecule is CC(C)(C)C(CCO)NCC(O)COc1cccc(Cl)c1. The summed E-state index contributed by atoms with van der Waals surface area (Å²) in [5.41, 5.74) is 0.0241. The average Bonchev–Trinajstić information content (AvgIpc) is 2.40. The lowest BCUT2D eigenvalue weighted by Gasteiger charge is -2.32. The highest BCUT2D eigenvalue weighted by molar-refractivity contribution is 6.30. The van der Waals surface area contributed by atoms with Gasteiger partial charge in [0.1, 0.15) is 18.5 Å². The molecule has 0 aromatic heterocycles. The van der Waals surface area contributed by atoms with Gasteiger partial charge in [0, 0.05) is 24.2 Å². The summed E-state index contributed by atoms with van der Waals surface area (Å²) in [6.45, 7) is 7.06. The summed E-state index contributed by atoms with van der Waals surface area (Å²) in [5, 5.41) is 23.0. The van der Waals surface area contributed by atoms with Crippen molar-refractivity contribution in [1.29, 1.82) is 0 Å². The summed E-state index contributed by atoms with van der Waals surface area (Å²) in [7, 11) is 0. The number of rotatable bonds is 8. The Morgan fingerprint density at radius 2 is 2.05 bits per heavy atom. The minimum Gasteiger partial charge on any atom is -0.491 e. The van der Waals surface area contributed by atoms with Gasteiger partial charge in [-0.3, -0.25) is 0 Å². The van der Waals surface area contributed by atoms with E-state index in [0.29, 0.717) is 23.7 Å². The van der Waals surface area contributed by atoms with Crippen LogP contribution in [0.25, 0.3) is 0 Å². The first-order valence-electron chi connectivity index (χ1n) is 7.23. The van der Waals surface area contributed by atoms with Crippen LogP contribution in [-0.2, 0) is 0 Å². The zero-order valence-electron chi connectivity index (χ0n) is 13.0. The van der Waals surface area contributed by atoms with Crippen molar-refractivity contribution < 1.29 is 14.9 Å². The summed E-state index contributed by atoms with van der Waals surface area (Å²) in [5.74, 6) is 0.643. The molecule has 0 amide bonds. The fourth-order valence-corrected chi connectivity index (χ4v) is 2.24. The van der Waals surface area contributed by atoms with Crippen molar-refractivity contribution in [1.82, 2.24) is 5.32 Å². The van der Waals surface area contributed by atoms with E-state index in [1.807, 2.05) is 0 Å². The van der Waals surface area contributed by atoms with E-state index in [9.17, 15) is 5.11 Å². The number of benzene rings is 1. The lowest BCUT2D eigenvalue weighted by Crippen LogP contribution is -2.45. The first-order chi connectivity index (χ1) is 9.82. The Morgan fingerprint density at radius 1 is 1.33 bits per heavy atom. The first kappa shape index (κ1) is 18.2. The zero-order chi connectivity index (χ0) is 15.9. The maximum Gasteiger partial charge on any atom is 0.120 e. The summed E-state index contributed by atoms with van der Waals surface area (Å²) < 4.78 is 5.50. The number of hydrogen-bond donors (Lipinski definition) is 3. The Balaban J connectivity index is 2.37. The van der Waals surface area contributed by atoms with Gasteiger partial charge in [-0.15, -0.1) is 0 Å². The Labute approximate surface area is 132 Å². The number of hydrogen-bond acceptors (Lipinski definition) is 4. The third-order valence-corrected chi connectivity index (χ3v) is 3.54. The van der Waals surface area contributed by atoms with E-state index < -0.39 is 6.10 Å². The molecule has 4 nitrogen and oxygen atoms in total. The summed E-state index contributed by atoms with van der Waals surface area (Å²) >= 11 is 5.87. The minimum absolute atomic E-state index is 0.0241. The van der Waals surface area contributed by atoms with Crippen LogP contribution in [0, 0.1) is 5.41 Å². The van der Waals surface area contributed by atoms with Crippen LogP contribution in [0.4, 0.5) is 0 Å². The van der Waals surface area contributed by atoms with Gasteiger partial charge in [0.25, 0.3) is 0 Å². The topological polar surface area (TPSA) is 61.7 Å². The third kappa shape index (κ3) is 7.14. The Morgan fingerprint density at radius 3 is 2.62 bits per heavy atom. The maximum absolute atomic E-state index is 9.98. The lowest BCUT2D eigenvalue weighted by atomic mass is 9.85. The molecule has 1 aromatic carbocycles. The molecule has 0 bridgehead atoms. The van der Waals surface area contributed by atoms with E-state index in [0.717, 1.165) is 0 Å². The van der Waals surface area contributed by atoms with Crippen LogP contribution in [0.2, 0.25) is 5.02 Å². The fraction of sp³-hybridized carbons (Fsp3) is 0.625. The number of ether oxygens (including phenoxy) is 1. The van der Waals surface area contributed by atoms with E-state index in [-0.39, 0.29) is 24.7 Å². The van der Waals surface area contributed by atoms with Crippen LogP contribution < -0.4 is 10.1 Å². The lowest BCUT2D eigenvalue weighted by molar-refractivity contribution is 0.0936. The Kier molecular flexibility index (Phi) is 7.46. The Hall–Kier alpha value is -0.810. The largest absolute Gasteiger partial charge is 0.491 e. The molecule has 2 unspecified atom stereocenters. The van der Waals surface area contributed by atoms with Gasteiger partial charge in [-0.2, -0.15) is 0 Å². The standard InChI is InChI=1S/C16H26ClNO3/c1-16(2,3)15(7-8-19)18-10-13(20)11-21-14-6-4-5-12(17)9-14/h4-6,9,13,15,18-20H,7-8,10-11H2,1-3H3. The van der Waals surface area contributed by atoms with Gasteiger partial charge in [-0.1, -0.05) is 38.4 Å². The molecular weight excluding hydrogens is 290 g/mol. The number of halogens is 1. The molecule has 0 spiro atoms. The van der Waals surface area contributed by atoms with Crippen LogP contribution in [0.15, 0.2) is 24.3 Å². The normalized spacial score (nSPS) is 14.8.